The maximum absolute atomic E-state index is 11.9. The average Bonchev–Trinajstić information content (AvgIpc) is 2.53. The van der Waals surface area contributed by atoms with Crippen LogP contribution in [-0.4, -0.2) is 23.5 Å². The van der Waals surface area contributed by atoms with Crippen LogP contribution in [0.15, 0.2) is 12.1 Å². The van der Waals surface area contributed by atoms with Crippen molar-refractivity contribution in [1.82, 2.24) is 0 Å². The highest BCUT2D eigenvalue weighted by Crippen LogP contribution is 2.39. The minimum Gasteiger partial charge on any atom is -0.481 e. The fourth-order valence-electron chi connectivity index (χ4n) is 3.01. The van der Waals surface area contributed by atoms with Gasteiger partial charge in [-0.05, 0) is 49.3 Å². The maximum atomic E-state index is 11.9. The van der Waals surface area contributed by atoms with Crippen molar-refractivity contribution in [2.75, 3.05) is 11.4 Å². The van der Waals surface area contributed by atoms with E-state index < -0.39 is 5.97 Å². The Morgan fingerprint density at radius 1 is 1.35 bits per heavy atom. The Labute approximate surface area is 119 Å². The van der Waals surface area contributed by atoms with E-state index in [0.29, 0.717) is 6.54 Å². The van der Waals surface area contributed by atoms with Crippen LogP contribution in [0.5, 0.6) is 0 Å². The van der Waals surface area contributed by atoms with Crippen LogP contribution in [0, 0.1) is 13.8 Å². The molecular formula is C16H21NO3. The van der Waals surface area contributed by atoms with Crippen LogP contribution in [0.4, 0.5) is 5.69 Å². The Hall–Kier alpha value is -1.84. The van der Waals surface area contributed by atoms with E-state index >= 15 is 0 Å². The molecule has 0 fully saturated rings. The zero-order valence-electron chi connectivity index (χ0n) is 12.3. The first-order valence-electron chi connectivity index (χ1n) is 7.01. The van der Waals surface area contributed by atoms with Gasteiger partial charge < -0.3 is 10.0 Å². The number of amides is 1. The highest BCUT2D eigenvalue weighted by atomic mass is 16.4. The van der Waals surface area contributed by atoms with Crippen LogP contribution in [0.25, 0.3) is 0 Å². The number of hydrogen-bond acceptors (Lipinski definition) is 2. The Morgan fingerprint density at radius 2 is 2.05 bits per heavy atom. The van der Waals surface area contributed by atoms with E-state index in [4.69, 9.17) is 5.11 Å². The minimum absolute atomic E-state index is 0.00819. The predicted octanol–water partition coefficient (Wildman–Crippen LogP) is 3.01. The molecule has 0 spiro atoms. The van der Waals surface area contributed by atoms with Crippen molar-refractivity contribution >= 4 is 17.6 Å². The molecule has 0 saturated carbocycles. The van der Waals surface area contributed by atoms with E-state index in [0.717, 1.165) is 35.2 Å². The van der Waals surface area contributed by atoms with Gasteiger partial charge in [-0.2, -0.15) is 0 Å². The van der Waals surface area contributed by atoms with Crippen molar-refractivity contribution in [3.05, 3.63) is 28.8 Å². The molecule has 1 aliphatic rings. The van der Waals surface area contributed by atoms with Gasteiger partial charge in [0.1, 0.15) is 0 Å². The zero-order chi connectivity index (χ0) is 14.9. The van der Waals surface area contributed by atoms with Gasteiger partial charge in [0.25, 0.3) is 0 Å². The molecule has 0 aliphatic carbocycles. The number of carboxylic acid groups (broad SMARTS) is 1. The number of rotatable bonds is 2. The molecule has 1 unspecified atom stereocenters. The SMILES string of the molecule is CC(=O)N1CCCC(CC(=O)O)c2ccc(C)c(C)c21. The number of nitrogens with zero attached hydrogens (tertiary/aromatic N) is 1. The van der Waals surface area contributed by atoms with Crippen molar-refractivity contribution in [2.24, 2.45) is 0 Å². The second-order valence-electron chi connectivity index (χ2n) is 5.55. The Morgan fingerprint density at radius 3 is 2.65 bits per heavy atom. The van der Waals surface area contributed by atoms with E-state index in [1.165, 1.54) is 0 Å². The number of carboxylic acids is 1. The summed E-state index contributed by atoms with van der Waals surface area (Å²) in [6.45, 7) is 6.27. The molecule has 0 saturated heterocycles. The Bertz CT molecular complexity index is 551. The van der Waals surface area contributed by atoms with E-state index in [2.05, 4.69) is 0 Å². The van der Waals surface area contributed by atoms with Crippen LogP contribution < -0.4 is 4.90 Å². The molecule has 0 bridgehead atoms. The van der Waals surface area contributed by atoms with Crippen molar-refractivity contribution < 1.29 is 14.7 Å². The quantitative estimate of drug-likeness (QED) is 0.902. The average molecular weight is 275 g/mol. The number of benzene rings is 1. The molecule has 1 N–H and O–H groups in total. The van der Waals surface area contributed by atoms with Gasteiger partial charge in [0.15, 0.2) is 0 Å². The monoisotopic (exact) mass is 275 g/mol. The molecule has 20 heavy (non-hydrogen) atoms. The highest BCUT2D eigenvalue weighted by Gasteiger charge is 2.28. The number of carbonyl (C=O) groups is 2. The van der Waals surface area contributed by atoms with Crippen molar-refractivity contribution in [2.45, 2.75) is 46.0 Å². The number of fused-ring (bicyclic) bond motifs is 1. The number of anilines is 1. The Kier molecular flexibility index (Phi) is 4.12. The molecule has 1 atom stereocenters. The van der Waals surface area contributed by atoms with Crippen LogP contribution in [0.1, 0.15) is 48.8 Å². The number of aryl methyl sites for hydroxylation is 1. The normalized spacial score (nSPS) is 18.4. The summed E-state index contributed by atoms with van der Waals surface area (Å²) < 4.78 is 0. The molecule has 1 heterocycles. The van der Waals surface area contributed by atoms with Gasteiger partial charge in [0.2, 0.25) is 5.91 Å². The van der Waals surface area contributed by atoms with E-state index in [-0.39, 0.29) is 18.2 Å². The lowest BCUT2D eigenvalue weighted by molar-refractivity contribution is -0.137. The fraction of sp³-hybridized carbons (Fsp3) is 0.500. The summed E-state index contributed by atoms with van der Waals surface area (Å²) >= 11 is 0. The first-order chi connectivity index (χ1) is 9.41. The number of hydrogen-bond donors (Lipinski definition) is 1. The smallest absolute Gasteiger partial charge is 0.303 e. The highest BCUT2D eigenvalue weighted by molar-refractivity contribution is 5.94. The summed E-state index contributed by atoms with van der Waals surface area (Å²) in [6.07, 6.45) is 1.78. The molecule has 1 amide bonds. The largest absolute Gasteiger partial charge is 0.481 e. The maximum Gasteiger partial charge on any atom is 0.303 e. The van der Waals surface area contributed by atoms with E-state index in [1.807, 2.05) is 26.0 Å². The first kappa shape index (κ1) is 14.6. The lowest BCUT2D eigenvalue weighted by Gasteiger charge is -2.25. The molecule has 0 aromatic heterocycles. The topological polar surface area (TPSA) is 57.6 Å². The summed E-state index contributed by atoms with van der Waals surface area (Å²) in [5, 5.41) is 9.10. The molecule has 0 radical (unpaired) electrons. The number of aliphatic carboxylic acids is 1. The van der Waals surface area contributed by atoms with E-state index in [1.54, 1.807) is 11.8 Å². The van der Waals surface area contributed by atoms with Crippen LogP contribution in [0.2, 0.25) is 0 Å². The van der Waals surface area contributed by atoms with Gasteiger partial charge >= 0.3 is 5.97 Å². The molecule has 1 aromatic rings. The van der Waals surface area contributed by atoms with Crippen molar-refractivity contribution in [3.63, 3.8) is 0 Å². The first-order valence-corrected chi connectivity index (χ1v) is 7.01. The molecule has 1 aliphatic heterocycles. The zero-order valence-corrected chi connectivity index (χ0v) is 12.3. The molecule has 1 aromatic carbocycles. The standard InChI is InChI=1S/C16H21NO3/c1-10-6-7-14-13(9-15(19)20)5-4-8-17(12(3)18)16(14)11(10)2/h6-7,13H,4-5,8-9H2,1-3H3,(H,19,20). The molecule has 4 heteroatoms. The second-order valence-corrected chi connectivity index (χ2v) is 5.55. The van der Waals surface area contributed by atoms with Crippen molar-refractivity contribution in [1.29, 1.82) is 0 Å². The summed E-state index contributed by atoms with van der Waals surface area (Å²) in [5.41, 5.74) is 4.14. The van der Waals surface area contributed by atoms with Gasteiger partial charge in [0, 0.05) is 13.5 Å². The molecule has 2 rings (SSSR count). The molecule has 4 nitrogen and oxygen atoms in total. The van der Waals surface area contributed by atoms with Crippen molar-refractivity contribution in [3.8, 4) is 0 Å². The van der Waals surface area contributed by atoms with E-state index in [9.17, 15) is 9.59 Å². The van der Waals surface area contributed by atoms with Gasteiger partial charge in [-0.25, -0.2) is 0 Å². The van der Waals surface area contributed by atoms with Crippen LogP contribution in [-0.2, 0) is 9.59 Å². The third-order valence-corrected chi connectivity index (χ3v) is 4.18. The number of carbonyl (C=O) groups excluding carboxylic acids is 1. The lowest BCUT2D eigenvalue weighted by Crippen LogP contribution is -2.30. The van der Waals surface area contributed by atoms with Crippen LogP contribution in [0.3, 0.4) is 0 Å². The third-order valence-electron chi connectivity index (χ3n) is 4.18. The Balaban J connectivity index is 2.57. The molecular weight excluding hydrogens is 254 g/mol. The minimum atomic E-state index is -0.782. The van der Waals surface area contributed by atoms with Crippen LogP contribution >= 0.6 is 0 Å². The summed E-state index contributed by atoms with van der Waals surface area (Å²) in [6, 6.07) is 4.01. The lowest BCUT2D eigenvalue weighted by atomic mass is 9.88. The summed E-state index contributed by atoms with van der Waals surface area (Å²) in [7, 11) is 0. The van der Waals surface area contributed by atoms with Gasteiger partial charge in [-0.3, -0.25) is 9.59 Å². The van der Waals surface area contributed by atoms with Gasteiger partial charge in [-0.15, -0.1) is 0 Å². The van der Waals surface area contributed by atoms with Gasteiger partial charge in [0.05, 0.1) is 12.1 Å². The van der Waals surface area contributed by atoms with Gasteiger partial charge in [-0.1, -0.05) is 12.1 Å². The fourth-order valence-corrected chi connectivity index (χ4v) is 3.01. The molecule has 108 valence electrons. The predicted molar refractivity (Wildman–Crippen MR) is 78.2 cm³/mol. The second kappa shape index (κ2) is 5.65. The summed E-state index contributed by atoms with van der Waals surface area (Å²) in [5.74, 6) is -0.766. The summed E-state index contributed by atoms with van der Waals surface area (Å²) in [4.78, 5) is 24.8. The third kappa shape index (κ3) is 2.69.